The topological polar surface area (TPSA) is 70.4 Å². The number of hydrogen-bond donors (Lipinski definition) is 2. The predicted octanol–water partition coefficient (Wildman–Crippen LogP) is 0.124. The first-order chi connectivity index (χ1) is 6.25. The fourth-order valence-corrected chi connectivity index (χ4v) is 0.815. The maximum atomic E-state index is 10.6. The third kappa shape index (κ3) is 2.29. The number of carbonyl (C=O) groups is 1. The minimum atomic E-state index is -1.05. The van der Waals surface area contributed by atoms with Crippen LogP contribution in [0.25, 0.3) is 0 Å². The first-order valence-electron chi connectivity index (χ1n) is 3.52. The van der Waals surface area contributed by atoms with Crippen molar-refractivity contribution in [3.63, 3.8) is 0 Å². The zero-order chi connectivity index (χ0) is 9.68. The van der Waals surface area contributed by atoms with Crippen molar-refractivity contribution in [2.75, 3.05) is 6.61 Å². The van der Waals surface area contributed by atoms with Crippen molar-refractivity contribution in [1.29, 1.82) is 0 Å². The maximum absolute atomic E-state index is 10.6. The Balaban J connectivity index is 3.12. The van der Waals surface area contributed by atoms with E-state index in [2.05, 4.69) is 16.8 Å². The number of aromatic carboxylic acids is 1. The average molecular weight is 177 g/mol. The van der Waals surface area contributed by atoms with Crippen LogP contribution in [0.15, 0.2) is 18.5 Å². The molecule has 0 radical (unpaired) electrons. The number of aromatic nitrogens is 1. The second kappa shape index (κ2) is 4.24. The molecule has 1 aromatic heterocycles. The normalized spacial score (nSPS) is 8.69. The van der Waals surface area contributed by atoms with Crippen molar-refractivity contribution in [2.24, 2.45) is 0 Å². The number of carboxylic acid groups (broad SMARTS) is 1. The van der Waals surface area contributed by atoms with E-state index in [1.54, 1.807) is 0 Å². The zero-order valence-corrected chi connectivity index (χ0v) is 6.69. The Morgan fingerprint density at radius 2 is 2.38 bits per heavy atom. The molecular formula is C9H7NO3. The van der Waals surface area contributed by atoms with Crippen LogP contribution in [-0.2, 0) is 0 Å². The number of rotatable bonds is 1. The maximum Gasteiger partial charge on any atom is 0.337 e. The van der Waals surface area contributed by atoms with Gasteiger partial charge in [-0.25, -0.2) is 4.79 Å². The molecule has 0 saturated heterocycles. The van der Waals surface area contributed by atoms with Crippen molar-refractivity contribution in [3.8, 4) is 11.8 Å². The van der Waals surface area contributed by atoms with Crippen LogP contribution in [0.3, 0.4) is 0 Å². The molecule has 1 rings (SSSR count). The lowest BCUT2D eigenvalue weighted by Crippen LogP contribution is -2.00. The van der Waals surface area contributed by atoms with Gasteiger partial charge in [0, 0.05) is 12.4 Å². The second-order valence-corrected chi connectivity index (χ2v) is 2.19. The van der Waals surface area contributed by atoms with Crippen molar-refractivity contribution in [2.45, 2.75) is 0 Å². The molecule has 66 valence electrons. The zero-order valence-electron chi connectivity index (χ0n) is 6.69. The predicted molar refractivity (Wildman–Crippen MR) is 45.2 cm³/mol. The Labute approximate surface area is 74.9 Å². The van der Waals surface area contributed by atoms with E-state index in [0.29, 0.717) is 5.56 Å². The summed E-state index contributed by atoms with van der Waals surface area (Å²) in [5.74, 6) is 3.81. The highest BCUT2D eigenvalue weighted by molar-refractivity contribution is 5.90. The van der Waals surface area contributed by atoms with Crippen LogP contribution in [0.2, 0.25) is 0 Å². The molecule has 0 fully saturated rings. The molecule has 1 aromatic rings. The van der Waals surface area contributed by atoms with Crippen LogP contribution in [-0.4, -0.2) is 27.8 Å². The molecule has 0 saturated carbocycles. The SMILES string of the molecule is O=C(O)c1ccncc1C#CCO. The summed E-state index contributed by atoms with van der Waals surface area (Å²) in [7, 11) is 0. The van der Waals surface area contributed by atoms with Gasteiger partial charge < -0.3 is 10.2 Å². The Morgan fingerprint density at radius 3 is 3.00 bits per heavy atom. The number of pyridine rings is 1. The minimum absolute atomic E-state index is 0.0935. The van der Waals surface area contributed by atoms with Crippen molar-refractivity contribution >= 4 is 5.97 Å². The van der Waals surface area contributed by atoms with E-state index >= 15 is 0 Å². The highest BCUT2D eigenvalue weighted by Crippen LogP contribution is 2.04. The fourth-order valence-electron chi connectivity index (χ4n) is 0.815. The molecule has 0 unspecified atom stereocenters. The van der Waals surface area contributed by atoms with Gasteiger partial charge in [-0.2, -0.15) is 0 Å². The smallest absolute Gasteiger partial charge is 0.337 e. The molecular weight excluding hydrogens is 170 g/mol. The van der Waals surface area contributed by atoms with Gasteiger partial charge in [0.1, 0.15) is 6.61 Å². The average Bonchev–Trinajstić information content (AvgIpc) is 2.15. The quantitative estimate of drug-likeness (QED) is 0.598. The minimum Gasteiger partial charge on any atom is -0.478 e. The second-order valence-electron chi connectivity index (χ2n) is 2.19. The largest absolute Gasteiger partial charge is 0.478 e. The molecule has 0 aliphatic carbocycles. The van der Waals surface area contributed by atoms with Gasteiger partial charge in [0.2, 0.25) is 0 Å². The number of hydrogen-bond acceptors (Lipinski definition) is 3. The molecule has 0 aromatic carbocycles. The Morgan fingerprint density at radius 1 is 1.62 bits per heavy atom. The van der Waals surface area contributed by atoms with Crippen LogP contribution < -0.4 is 0 Å². The highest BCUT2D eigenvalue weighted by atomic mass is 16.4. The van der Waals surface area contributed by atoms with E-state index in [4.69, 9.17) is 10.2 Å². The van der Waals surface area contributed by atoms with Gasteiger partial charge >= 0.3 is 5.97 Å². The highest BCUT2D eigenvalue weighted by Gasteiger charge is 2.06. The van der Waals surface area contributed by atoms with Crippen LogP contribution in [0.5, 0.6) is 0 Å². The van der Waals surface area contributed by atoms with Crippen LogP contribution in [0, 0.1) is 11.8 Å². The van der Waals surface area contributed by atoms with Crippen LogP contribution >= 0.6 is 0 Å². The molecule has 0 spiro atoms. The number of aliphatic hydroxyl groups is 1. The molecule has 0 aliphatic heterocycles. The van der Waals surface area contributed by atoms with E-state index < -0.39 is 5.97 Å². The van der Waals surface area contributed by atoms with E-state index in [1.807, 2.05) is 0 Å². The number of carboxylic acids is 1. The van der Waals surface area contributed by atoms with E-state index in [1.165, 1.54) is 18.5 Å². The molecule has 0 amide bonds. The van der Waals surface area contributed by atoms with Gasteiger partial charge in [-0.05, 0) is 6.07 Å². The van der Waals surface area contributed by atoms with Gasteiger partial charge in [-0.3, -0.25) is 4.98 Å². The molecule has 1 heterocycles. The third-order valence-corrected chi connectivity index (χ3v) is 1.35. The van der Waals surface area contributed by atoms with Gasteiger partial charge in [0.05, 0.1) is 11.1 Å². The molecule has 0 bridgehead atoms. The van der Waals surface area contributed by atoms with E-state index in [-0.39, 0.29) is 12.2 Å². The van der Waals surface area contributed by atoms with Gasteiger partial charge in [0.25, 0.3) is 0 Å². The van der Waals surface area contributed by atoms with Crippen molar-refractivity contribution in [1.82, 2.24) is 4.98 Å². The number of aliphatic hydroxyl groups excluding tert-OH is 1. The summed E-state index contributed by atoms with van der Waals surface area (Å²) < 4.78 is 0. The molecule has 13 heavy (non-hydrogen) atoms. The van der Waals surface area contributed by atoms with E-state index in [9.17, 15) is 4.79 Å². The lowest BCUT2D eigenvalue weighted by atomic mass is 10.1. The fraction of sp³-hybridized carbons (Fsp3) is 0.111. The van der Waals surface area contributed by atoms with Gasteiger partial charge in [0.15, 0.2) is 0 Å². The third-order valence-electron chi connectivity index (χ3n) is 1.35. The summed E-state index contributed by atoms with van der Waals surface area (Å²) >= 11 is 0. The summed E-state index contributed by atoms with van der Waals surface area (Å²) in [6.45, 7) is -0.298. The number of nitrogens with zero attached hydrogens (tertiary/aromatic N) is 1. The first kappa shape index (κ1) is 9.23. The molecule has 4 heteroatoms. The van der Waals surface area contributed by atoms with Crippen molar-refractivity contribution in [3.05, 3.63) is 29.6 Å². The summed E-state index contributed by atoms with van der Waals surface area (Å²) in [6, 6.07) is 1.36. The Hall–Kier alpha value is -1.86. The van der Waals surface area contributed by atoms with Crippen molar-refractivity contribution < 1.29 is 15.0 Å². The lowest BCUT2D eigenvalue weighted by molar-refractivity contribution is 0.0696. The van der Waals surface area contributed by atoms with Crippen LogP contribution in [0.1, 0.15) is 15.9 Å². The standard InChI is InChI=1S/C9H7NO3/c11-5-1-2-7-6-10-4-3-8(7)9(12)13/h3-4,6,11H,5H2,(H,12,13). The molecule has 0 aliphatic rings. The van der Waals surface area contributed by atoms with Gasteiger partial charge in [-0.15, -0.1) is 0 Å². The molecule has 2 N–H and O–H groups in total. The summed E-state index contributed by atoms with van der Waals surface area (Å²) in [5.41, 5.74) is 0.403. The molecule has 4 nitrogen and oxygen atoms in total. The van der Waals surface area contributed by atoms with E-state index in [0.717, 1.165) is 0 Å². The molecule has 0 atom stereocenters. The van der Waals surface area contributed by atoms with Crippen LogP contribution in [0.4, 0.5) is 0 Å². The summed E-state index contributed by atoms with van der Waals surface area (Å²) in [5, 5.41) is 17.1. The summed E-state index contributed by atoms with van der Waals surface area (Å²) in [4.78, 5) is 14.4. The lowest BCUT2D eigenvalue weighted by Gasteiger charge is -1.95. The first-order valence-corrected chi connectivity index (χ1v) is 3.52. The summed E-state index contributed by atoms with van der Waals surface area (Å²) in [6.07, 6.45) is 2.74. The monoisotopic (exact) mass is 177 g/mol. The van der Waals surface area contributed by atoms with Gasteiger partial charge in [-0.1, -0.05) is 11.8 Å². The Bertz CT molecular complexity index is 376. The Kier molecular flexibility index (Phi) is 3.01.